The third kappa shape index (κ3) is 4.46. The van der Waals surface area contributed by atoms with Crippen LogP contribution in [0.4, 0.5) is 0 Å². The van der Waals surface area contributed by atoms with Crippen molar-refractivity contribution in [3.63, 3.8) is 0 Å². The molecule has 36 heavy (non-hydrogen) atoms. The number of rotatable bonds is 8. The number of hydrogen-bond acceptors (Lipinski definition) is 6. The number of imidazole rings is 1. The topological polar surface area (TPSA) is 93.9 Å². The minimum absolute atomic E-state index is 0.0554. The van der Waals surface area contributed by atoms with E-state index in [-0.39, 0.29) is 17.4 Å². The smallest absolute Gasteiger partial charge is 0.295 e. The third-order valence-corrected chi connectivity index (χ3v) is 6.57. The lowest BCUT2D eigenvalue weighted by Gasteiger charge is -2.26. The Morgan fingerprint density at radius 1 is 1.19 bits per heavy atom. The van der Waals surface area contributed by atoms with Crippen molar-refractivity contribution in [1.82, 2.24) is 14.5 Å². The molecule has 8 heteroatoms. The summed E-state index contributed by atoms with van der Waals surface area (Å²) in [6.07, 6.45) is 6.68. The van der Waals surface area contributed by atoms with E-state index >= 15 is 0 Å². The van der Waals surface area contributed by atoms with E-state index in [9.17, 15) is 14.7 Å². The number of ketones is 1. The molecule has 0 saturated carbocycles. The van der Waals surface area contributed by atoms with E-state index in [2.05, 4.69) is 4.98 Å². The van der Waals surface area contributed by atoms with E-state index < -0.39 is 17.7 Å². The van der Waals surface area contributed by atoms with Gasteiger partial charge in [-0.1, -0.05) is 12.1 Å². The highest BCUT2D eigenvalue weighted by Crippen LogP contribution is 2.41. The van der Waals surface area contributed by atoms with Crippen molar-refractivity contribution in [2.45, 2.75) is 45.4 Å². The number of amides is 1. The lowest BCUT2D eigenvalue weighted by atomic mass is 9.94. The molecule has 186 valence electrons. The van der Waals surface area contributed by atoms with Crippen LogP contribution in [-0.4, -0.2) is 50.5 Å². The molecule has 2 atom stereocenters. The summed E-state index contributed by atoms with van der Waals surface area (Å²) in [5.74, 6) is -0.0681. The maximum Gasteiger partial charge on any atom is 0.295 e. The van der Waals surface area contributed by atoms with Crippen molar-refractivity contribution in [2.24, 2.45) is 0 Å². The first kappa shape index (κ1) is 23.7. The second-order valence-corrected chi connectivity index (χ2v) is 9.11. The Morgan fingerprint density at radius 3 is 2.83 bits per heavy atom. The minimum Gasteiger partial charge on any atom is -0.507 e. The summed E-state index contributed by atoms with van der Waals surface area (Å²) in [7, 11) is 0. The van der Waals surface area contributed by atoms with E-state index in [1.54, 1.807) is 29.6 Å². The fourth-order valence-corrected chi connectivity index (χ4v) is 4.97. The van der Waals surface area contributed by atoms with Crippen LogP contribution in [0.15, 0.2) is 66.8 Å². The number of hydrogen-bond donors (Lipinski definition) is 1. The Bertz CT molecular complexity index is 1310. The maximum absolute atomic E-state index is 13.3. The Labute approximate surface area is 209 Å². The predicted octanol–water partition coefficient (Wildman–Crippen LogP) is 4.12. The standard InChI is InChI=1S/C28H29N3O5/c1-3-35-22-7-4-6-19(16-22)25-24(26(32)20-8-9-23-21(15-20)14-18(2)36-23)27(33)28(34)31(25)12-5-11-30-13-10-29-17-30/h4,6-10,13,15-18,25,32H,3,5,11-12,14H2,1-2H3/b26-24+/t18-,25-/m1/s1. The highest BCUT2D eigenvalue weighted by Gasteiger charge is 2.46. The average Bonchev–Trinajstić information content (AvgIpc) is 3.58. The highest BCUT2D eigenvalue weighted by molar-refractivity contribution is 6.46. The van der Waals surface area contributed by atoms with E-state index in [0.717, 1.165) is 17.7 Å². The molecule has 0 spiro atoms. The third-order valence-electron chi connectivity index (χ3n) is 6.57. The van der Waals surface area contributed by atoms with Gasteiger partial charge in [-0.3, -0.25) is 9.59 Å². The van der Waals surface area contributed by atoms with Crippen LogP contribution in [0.2, 0.25) is 0 Å². The SMILES string of the molecule is CCOc1cccc([C@@H]2/C(=C(\O)c3ccc4c(c3)C[C@@H](C)O4)C(=O)C(=O)N2CCCn2ccnc2)c1. The van der Waals surface area contributed by atoms with Crippen molar-refractivity contribution >= 4 is 17.4 Å². The highest BCUT2D eigenvalue weighted by atomic mass is 16.5. The van der Waals surface area contributed by atoms with Gasteiger partial charge < -0.3 is 24.0 Å². The first-order valence-electron chi connectivity index (χ1n) is 12.2. The Morgan fingerprint density at radius 2 is 2.06 bits per heavy atom. The largest absolute Gasteiger partial charge is 0.507 e. The lowest BCUT2D eigenvalue weighted by molar-refractivity contribution is -0.139. The average molecular weight is 488 g/mol. The summed E-state index contributed by atoms with van der Waals surface area (Å²) in [6.45, 7) is 5.37. The first-order chi connectivity index (χ1) is 17.5. The summed E-state index contributed by atoms with van der Waals surface area (Å²) >= 11 is 0. The van der Waals surface area contributed by atoms with Crippen molar-refractivity contribution in [3.05, 3.63) is 83.4 Å². The first-order valence-corrected chi connectivity index (χ1v) is 12.2. The van der Waals surface area contributed by atoms with Gasteiger partial charge in [0.05, 0.1) is 24.5 Å². The number of ether oxygens (including phenoxy) is 2. The summed E-state index contributed by atoms with van der Waals surface area (Å²) in [5, 5.41) is 11.4. The summed E-state index contributed by atoms with van der Waals surface area (Å²) < 4.78 is 13.4. The monoisotopic (exact) mass is 487 g/mol. The van der Waals surface area contributed by atoms with Crippen LogP contribution in [-0.2, 0) is 22.6 Å². The number of aromatic nitrogens is 2. The van der Waals surface area contributed by atoms with Crippen molar-refractivity contribution in [3.8, 4) is 11.5 Å². The number of carbonyl (C=O) groups excluding carboxylic acids is 2. The van der Waals surface area contributed by atoms with Gasteiger partial charge in [-0.05, 0) is 61.7 Å². The van der Waals surface area contributed by atoms with Gasteiger partial charge in [0.15, 0.2) is 0 Å². The molecule has 3 heterocycles. The zero-order valence-corrected chi connectivity index (χ0v) is 20.4. The maximum atomic E-state index is 13.3. The molecular formula is C28H29N3O5. The lowest BCUT2D eigenvalue weighted by Crippen LogP contribution is -2.31. The molecule has 1 fully saturated rings. The number of aliphatic hydroxyl groups is 1. The van der Waals surface area contributed by atoms with Gasteiger partial charge in [0.25, 0.3) is 11.7 Å². The van der Waals surface area contributed by atoms with Crippen molar-refractivity contribution in [1.29, 1.82) is 0 Å². The Kier molecular flexibility index (Phi) is 6.50. The van der Waals surface area contributed by atoms with Crippen LogP contribution in [0.1, 0.15) is 43.0 Å². The summed E-state index contributed by atoms with van der Waals surface area (Å²) in [6, 6.07) is 12.0. The van der Waals surface area contributed by atoms with Gasteiger partial charge in [0.2, 0.25) is 0 Å². The normalized spacial score (nSPS) is 20.4. The van der Waals surface area contributed by atoms with Crippen LogP contribution in [0.5, 0.6) is 11.5 Å². The molecule has 5 rings (SSSR count). The number of likely N-dealkylation sites (tertiary alicyclic amines) is 1. The van der Waals surface area contributed by atoms with Crippen LogP contribution >= 0.6 is 0 Å². The minimum atomic E-state index is -0.725. The molecule has 0 radical (unpaired) electrons. The second-order valence-electron chi connectivity index (χ2n) is 9.11. The molecule has 0 unspecified atom stereocenters. The molecular weight excluding hydrogens is 458 g/mol. The van der Waals surface area contributed by atoms with E-state index in [0.29, 0.717) is 43.0 Å². The number of benzene rings is 2. The van der Waals surface area contributed by atoms with Gasteiger partial charge in [-0.2, -0.15) is 0 Å². The molecule has 0 bridgehead atoms. The van der Waals surface area contributed by atoms with Gasteiger partial charge in [0, 0.05) is 37.5 Å². The molecule has 3 aromatic rings. The van der Waals surface area contributed by atoms with Crippen LogP contribution in [0.25, 0.3) is 5.76 Å². The molecule has 1 amide bonds. The van der Waals surface area contributed by atoms with Gasteiger partial charge >= 0.3 is 0 Å². The Balaban J connectivity index is 1.54. The molecule has 2 aliphatic rings. The van der Waals surface area contributed by atoms with Crippen molar-refractivity contribution < 1.29 is 24.2 Å². The summed E-state index contributed by atoms with van der Waals surface area (Å²) in [5.41, 5.74) is 2.26. The van der Waals surface area contributed by atoms with Crippen LogP contribution in [0, 0.1) is 0 Å². The number of carbonyl (C=O) groups is 2. The molecule has 1 saturated heterocycles. The molecule has 0 aliphatic carbocycles. The van der Waals surface area contributed by atoms with E-state index in [1.807, 2.05) is 54.9 Å². The van der Waals surface area contributed by atoms with Crippen LogP contribution < -0.4 is 9.47 Å². The number of aryl methyl sites for hydroxylation is 1. The van der Waals surface area contributed by atoms with Crippen molar-refractivity contribution in [2.75, 3.05) is 13.2 Å². The zero-order chi connectivity index (χ0) is 25.2. The van der Waals surface area contributed by atoms with Gasteiger partial charge in [-0.25, -0.2) is 4.98 Å². The Hall–Kier alpha value is -4.07. The molecule has 1 aromatic heterocycles. The fraction of sp³-hybridized carbons (Fsp3) is 0.321. The molecule has 2 aliphatic heterocycles. The fourth-order valence-electron chi connectivity index (χ4n) is 4.97. The molecule has 8 nitrogen and oxygen atoms in total. The number of fused-ring (bicyclic) bond motifs is 1. The zero-order valence-electron chi connectivity index (χ0n) is 20.4. The number of Topliss-reactive ketones (excluding diaryl/α,β-unsaturated/α-hetero) is 1. The quantitative estimate of drug-likeness (QED) is 0.292. The van der Waals surface area contributed by atoms with Crippen LogP contribution in [0.3, 0.4) is 0 Å². The van der Waals surface area contributed by atoms with Gasteiger partial charge in [0.1, 0.15) is 23.4 Å². The number of nitrogens with zero attached hydrogens (tertiary/aromatic N) is 3. The van der Waals surface area contributed by atoms with E-state index in [1.165, 1.54) is 0 Å². The van der Waals surface area contributed by atoms with E-state index in [4.69, 9.17) is 9.47 Å². The number of aliphatic hydroxyl groups excluding tert-OH is 1. The second kappa shape index (κ2) is 9.89. The molecule has 1 N–H and O–H groups in total. The van der Waals surface area contributed by atoms with Gasteiger partial charge in [-0.15, -0.1) is 0 Å². The summed E-state index contributed by atoms with van der Waals surface area (Å²) in [4.78, 5) is 32.2. The molecule has 2 aromatic carbocycles. The predicted molar refractivity (Wildman–Crippen MR) is 134 cm³/mol.